The zero-order valence-corrected chi connectivity index (χ0v) is 20.6. The van der Waals surface area contributed by atoms with Gasteiger partial charge in [0.15, 0.2) is 16.7 Å². The van der Waals surface area contributed by atoms with Gasteiger partial charge in [-0.2, -0.15) is 0 Å². The van der Waals surface area contributed by atoms with Gasteiger partial charge in [-0.05, 0) is 55.7 Å². The third kappa shape index (κ3) is 5.53. The van der Waals surface area contributed by atoms with Crippen molar-refractivity contribution in [3.05, 3.63) is 59.3 Å². The van der Waals surface area contributed by atoms with E-state index in [1.165, 1.54) is 24.6 Å². The third-order valence-electron chi connectivity index (χ3n) is 6.37. The number of amides is 2. The molecule has 2 aliphatic heterocycles. The van der Waals surface area contributed by atoms with Crippen molar-refractivity contribution >= 4 is 40.5 Å². The van der Waals surface area contributed by atoms with E-state index in [0.29, 0.717) is 22.4 Å². The minimum Gasteiger partial charge on any atom is -0.454 e. The van der Waals surface area contributed by atoms with Gasteiger partial charge >= 0.3 is 0 Å². The van der Waals surface area contributed by atoms with Crippen molar-refractivity contribution in [2.45, 2.75) is 51.5 Å². The van der Waals surface area contributed by atoms with Crippen molar-refractivity contribution in [2.24, 2.45) is 4.99 Å². The van der Waals surface area contributed by atoms with E-state index in [0.717, 1.165) is 42.5 Å². The minimum atomic E-state index is -0.224. The molecule has 182 valence electrons. The highest BCUT2D eigenvalue weighted by Crippen LogP contribution is 2.34. The lowest BCUT2D eigenvalue weighted by Crippen LogP contribution is -2.37. The number of rotatable bonds is 5. The molecule has 8 heteroatoms. The molecular weight excluding hydrogens is 462 g/mol. The number of amidine groups is 1. The Morgan fingerprint density at radius 1 is 1.09 bits per heavy atom. The highest BCUT2D eigenvalue weighted by Gasteiger charge is 2.32. The van der Waals surface area contributed by atoms with Crippen LogP contribution in [0.5, 0.6) is 11.5 Å². The second kappa shape index (κ2) is 10.6. The van der Waals surface area contributed by atoms with E-state index >= 15 is 0 Å². The van der Waals surface area contributed by atoms with Crippen molar-refractivity contribution in [3.63, 3.8) is 0 Å². The number of hydrogen-bond acceptors (Lipinski definition) is 6. The Morgan fingerprint density at radius 3 is 2.60 bits per heavy atom. The molecule has 0 aromatic heterocycles. The van der Waals surface area contributed by atoms with Crippen LogP contribution in [0.15, 0.2) is 53.2 Å². The van der Waals surface area contributed by atoms with Crippen LogP contribution in [0.3, 0.4) is 0 Å². The van der Waals surface area contributed by atoms with Gasteiger partial charge in [0.05, 0.1) is 11.4 Å². The van der Waals surface area contributed by atoms with E-state index in [-0.39, 0.29) is 30.4 Å². The van der Waals surface area contributed by atoms with E-state index in [9.17, 15) is 9.59 Å². The van der Waals surface area contributed by atoms with Crippen molar-refractivity contribution < 1.29 is 19.1 Å². The number of fused-ring (bicyclic) bond motifs is 1. The number of thioether (sulfide) groups is 1. The van der Waals surface area contributed by atoms with Gasteiger partial charge in [-0.15, -0.1) is 0 Å². The molecule has 1 fully saturated rings. The number of ether oxygens (including phenoxy) is 2. The molecule has 7 nitrogen and oxygen atoms in total. The molecule has 0 saturated heterocycles. The standard InChI is InChI=1S/C27H29N3O4S/c1-18-8-11-21(12-9-18)30-26(32)22(14-19-10-13-23-24(15-19)34-17-33-23)29-27(30)35-16-25(31)28-20-6-4-2-3-5-7-20/h8-15,20H,2-7,16-17H2,1H3,(H,28,31)/b22-14+. The molecule has 1 aliphatic carbocycles. The Hall–Kier alpha value is -3.26. The van der Waals surface area contributed by atoms with Crippen molar-refractivity contribution in [1.82, 2.24) is 5.32 Å². The van der Waals surface area contributed by atoms with Gasteiger partial charge in [-0.1, -0.05) is 61.2 Å². The number of benzene rings is 2. The number of nitrogens with one attached hydrogen (secondary N) is 1. The number of anilines is 1. The van der Waals surface area contributed by atoms with Crippen LogP contribution < -0.4 is 19.7 Å². The second-order valence-corrected chi connectivity index (χ2v) is 10.00. The van der Waals surface area contributed by atoms with Crippen LogP contribution in [0.25, 0.3) is 6.08 Å². The zero-order valence-electron chi connectivity index (χ0n) is 19.8. The Labute approximate surface area is 209 Å². The summed E-state index contributed by atoms with van der Waals surface area (Å²) < 4.78 is 10.8. The quantitative estimate of drug-likeness (QED) is 0.468. The third-order valence-corrected chi connectivity index (χ3v) is 7.31. The van der Waals surface area contributed by atoms with Gasteiger partial charge in [-0.25, -0.2) is 4.99 Å². The molecule has 2 aromatic rings. The van der Waals surface area contributed by atoms with Gasteiger partial charge in [0.1, 0.15) is 5.70 Å². The maximum absolute atomic E-state index is 13.4. The molecule has 0 radical (unpaired) electrons. The summed E-state index contributed by atoms with van der Waals surface area (Å²) in [6, 6.07) is 13.5. The molecule has 0 bridgehead atoms. The summed E-state index contributed by atoms with van der Waals surface area (Å²) in [5.74, 6) is 1.30. The number of hydrogen-bond donors (Lipinski definition) is 1. The van der Waals surface area contributed by atoms with Crippen LogP contribution in [-0.2, 0) is 9.59 Å². The van der Waals surface area contributed by atoms with Gasteiger partial charge in [0, 0.05) is 6.04 Å². The van der Waals surface area contributed by atoms with Crippen LogP contribution in [0.4, 0.5) is 5.69 Å². The first-order valence-corrected chi connectivity index (χ1v) is 13.1. The van der Waals surface area contributed by atoms with E-state index in [1.54, 1.807) is 11.0 Å². The average molecular weight is 492 g/mol. The Bertz CT molecular complexity index is 1170. The Morgan fingerprint density at radius 2 is 1.83 bits per heavy atom. The number of carbonyl (C=O) groups is 2. The Balaban J connectivity index is 1.35. The lowest BCUT2D eigenvalue weighted by Gasteiger charge is -2.19. The monoisotopic (exact) mass is 491 g/mol. The largest absolute Gasteiger partial charge is 0.454 e. The van der Waals surface area contributed by atoms with Gasteiger partial charge in [-0.3, -0.25) is 14.5 Å². The molecule has 35 heavy (non-hydrogen) atoms. The normalized spacial score (nSPS) is 19.1. The maximum atomic E-state index is 13.4. The summed E-state index contributed by atoms with van der Waals surface area (Å²) in [6.07, 6.45) is 8.61. The number of aliphatic imine (C=N–C) groups is 1. The smallest absolute Gasteiger partial charge is 0.283 e. The topological polar surface area (TPSA) is 80.2 Å². The van der Waals surface area contributed by atoms with Crippen LogP contribution in [0.1, 0.15) is 49.7 Å². The minimum absolute atomic E-state index is 0.0193. The highest BCUT2D eigenvalue weighted by atomic mass is 32.2. The van der Waals surface area contributed by atoms with Crippen LogP contribution in [0, 0.1) is 6.92 Å². The van der Waals surface area contributed by atoms with E-state index in [1.807, 2.05) is 49.4 Å². The molecular formula is C27H29N3O4S. The second-order valence-electron chi connectivity index (χ2n) is 9.06. The van der Waals surface area contributed by atoms with Crippen LogP contribution in [-0.4, -0.2) is 35.6 Å². The summed E-state index contributed by atoms with van der Waals surface area (Å²) >= 11 is 1.29. The molecule has 2 amide bonds. The first-order valence-electron chi connectivity index (χ1n) is 12.1. The lowest BCUT2D eigenvalue weighted by atomic mass is 10.1. The SMILES string of the molecule is Cc1ccc(N2C(=O)/C(=C\c3ccc4c(c3)OCO4)N=C2SCC(=O)NC2CCCCCC2)cc1. The molecule has 5 rings (SSSR count). The fourth-order valence-electron chi connectivity index (χ4n) is 4.50. The van der Waals surface area contributed by atoms with Gasteiger partial charge < -0.3 is 14.8 Å². The summed E-state index contributed by atoms with van der Waals surface area (Å²) in [5.41, 5.74) is 2.94. The fourth-order valence-corrected chi connectivity index (χ4v) is 5.32. The highest BCUT2D eigenvalue weighted by molar-refractivity contribution is 8.14. The summed E-state index contributed by atoms with van der Waals surface area (Å²) in [5, 5.41) is 3.67. The first kappa shape index (κ1) is 23.5. The molecule has 3 aliphatic rings. The summed E-state index contributed by atoms with van der Waals surface area (Å²) in [6.45, 7) is 2.19. The average Bonchev–Trinajstić information content (AvgIpc) is 3.34. The number of nitrogens with zero attached hydrogens (tertiary/aromatic N) is 2. The van der Waals surface area contributed by atoms with Crippen molar-refractivity contribution in [2.75, 3.05) is 17.4 Å². The molecule has 2 aromatic carbocycles. The predicted octanol–water partition coefficient (Wildman–Crippen LogP) is 5.04. The van der Waals surface area contributed by atoms with E-state index in [4.69, 9.17) is 9.47 Å². The molecule has 1 N–H and O–H groups in total. The zero-order chi connectivity index (χ0) is 24.2. The molecule has 2 heterocycles. The van der Waals surface area contributed by atoms with E-state index < -0.39 is 0 Å². The van der Waals surface area contributed by atoms with Crippen LogP contribution in [0.2, 0.25) is 0 Å². The maximum Gasteiger partial charge on any atom is 0.283 e. The number of carbonyl (C=O) groups excluding carboxylic acids is 2. The fraction of sp³-hybridized carbons (Fsp3) is 0.370. The molecule has 1 saturated carbocycles. The summed E-state index contributed by atoms with van der Waals surface area (Å²) in [7, 11) is 0. The Kier molecular flexibility index (Phi) is 7.08. The first-order chi connectivity index (χ1) is 17.1. The van der Waals surface area contributed by atoms with E-state index in [2.05, 4.69) is 10.3 Å². The molecule has 0 unspecified atom stereocenters. The molecule has 0 spiro atoms. The van der Waals surface area contributed by atoms with Gasteiger partial charge in [0.25, 0.3) is 5.91 Å². The number of aryl methyl sites for hydroxylation is 1. The van der Waals surface area contributed by atoms with Gasteiger partial charge in [0.2, 0.25) is 12.7 Å². The van der Waals surface area contributed by atoms with Crippen LogP contribution >= 0.6 is 11.8 Å². The molecule has 0 atom stereocenters. The lowest BCUT2D eigenvalue weighted by molar-refractivity contribution is -0.119. The predicted molar refractivity (Wildman–Crippen MR) is 139 cm³/mol. The van der Waals surface area contributed by atoms with Crippen molar-refractivity contribution in [1.29, 1.82) is 0 Å². The van der Waals surface area contributed by atoms with Crippen molar-refractivity contribution in [3.8, 4) is 11.5 Å². The summed E-state index contributed by atoms with van der Waals surface area (Å²) in [4.78, 5) is 32.3.